The van der Waals surface area contributed by atoms with Crippen molar-refractivity contribution in [3.05, 3.63) is 41.8 Å². The van der Waals surface area contributed by atoms with E-state index >= 15 is 0 Å². The number of aromatic nitrogens is 1. The highest BCUT2D eigenvalue weighted by Gasteiger charge is 2.19. The van der Waals surface area contributed by atoms with Gasteiger partial charge in [0.2, 0.25) is 5.89 Å². The Hall–Kier alpha value is -1.65. The standard InChI is InChI=1S/C19H27N3O/c1-15-3-5-17(6-4-15)19-21-18(14-23-19)13-22-11-8-16(9-12-22)7-10-20-2/h3-6,14,16,20H,7-13H2,1-2H3. The van der Waals surface area contributed by atoms with E-state index in [2.05, 4.69) is 46.4 Å². The Balaban J connectivity index is 1.53. The van der Waals surface area contributed by atoms with E-state index in [-0.39, 0.29) is 0 Å². The number of nitrogens with zero attached hydrogens (tertiary/aromatic N) is 2. The summed E-state index contributed by atoms with van der Waals surface area (Å²) in [6.45, 7) is 6.45. The van der Waals surface area contributed by atoms with E-state index in [0.717, 1.165) is 36.2 Å². The molecule has 124 valence electrons. The molecule has 1 N–H and O–H groups in total. The average molecular weight is 313 g/mol. The molecule has 0 bridgehead atoms. The summed E-state index contributed by atoms with van der Waals surface area (Å²) in [6.07, 6.45) is 5.70. The maximum atomic E-state index is 5.66. The molecule has 0 amide bonds. The van der Waals surface area contributed by atoms with Gasteiger partial charge in [0.1, 0.15) is 6.26 Å². The molecule has 0 aliphatic carbocycles. The number of oxazole rings is 1. The zero-order valence-electron chi connectivity index (χ0n) is 14.2. The molecular formula is C19H27N3O. The number of aryl methyl sites for hydroxylation is 1. The van der Waals surface area contributed by atoms with Crippen molar-refractivity contribution in [2.75, 3.05) is 26.7 Å². The lowest BCUT2D eigenvalue weighted by molar-refractivity contribution is 0.170. The summed E-state index contributed by atoms with van der Waals surface area (Å²) in [4.78, 5) is 7.15. The van der Waals surface area contributed by atoms with Gasteiger partial charge in [-0.15, -0.1) is 0 Å². The average Bonchev–Trinajstić information content (AvgIpc) is 3.03. The Morgan fingerprint density at radius 3 is 2.65 bits per heavy atom. The summed E-state index contributed by atoms with van der Waals surface area (Å²) in [6, 6.07) is 8.32. The number of rotatable bonds is 6. The summed E-state index contributed by atoms with van der Waals surface area (Å²) >= 11 is 0. The van der Waals surface area contributed by atoms with Crippen LogP contribution in [0.25, 0.3) is 11.5 Å². The molecule has 3 rings (SSSR count). The molecule has 0 radical (unpaired) electrons. The minimum atomic E-state index is 0.726. The summed E-state index contributed by atoms with van der Waals surface area (Å²) < 4.78 is 5.66. The summed E-state index contributed by atoms with van der Waals surface area (Å²) in [5.41, 5.74) is 3.34. The summed E-state index contributed by atoms with van der Waals surface area (Å²) in [5.74, 6) is 1.60. The van der Waals surface area contributed by atoms with E-state index in [1.54, 1.807) is 0 Å². The van der Waals surface area contributed by atoms with Crippen LogP contribution in [0.4, 0.5) is 0 Å². The Morgan fingerprint density at radius 1 is 1.22 bits per heavy atom. The van der Waals surface area contributed by atoms with Gasteiger partial charge in [-0.2, -0.15) is 0 Å². The molecule has 0 saturated carbocycles. The Kier molecular flexibility index (Phi) is 5.47. The van der Waals surface area contributed by atoms with Crippen LogP contribution in [-0.4, -0.2) is 36.6 Å². The van der Waals surface area contributed by atoms with Crippen molar-refractivity contribution in [1.82, 2.24) is 15.2 Å². The molecule has 1 aliphatic heterocycles. The molecule has 1 fully saturated rings. The lowest BCUT2D eigenvalue weighted by atomic mass is 9.93. The molecule has 1 saturated heterocycles. The SMILES string of the molecule is CNCCC1CCN(Cc2coc(-c3ccc(C)cc3)n2)CC1. The van der Waals surface area contributed by atoms with Gasteiger partial charge in [0.05, 0.1) is 5.69 Å². The first kappa shape index (κ1) is 16.2. The molecule has 23 heavy (non-hydrogen) atoms. The topological polar surface area (TPSA) is 41.3 Å². The van der Waals surface area contributed by atoms with Gasteiger partial charge in [0.25, 0.3) is 0 Å². The van der Waals surface area contributed by atoms with Crippen LogP contribution in [-0.2, 0) is 6.54 Å². The van der Waals surface area contributed by atoms with Crippen molar-refractivity contribution < 1.29 is 4.42 Å². The van der Waals surface area contributed by atoms with Gasteiger partial charge in [-0.25, -0.2) is 4.98 Å². The molecule has 0 unspecified atom stereocenters. The van der Waals surface area contributed by atoms with E-state index in [0.29, 0.717) is 0 Å². The van der Waals surface area contributed by atoms with Crippen LogP contribution < -0.4 is 5.32 Å². The maximum absolute atomic E-state index is 5.66. The first-order valence-electron chi connectivity index (χ1n) is 8.63. The fourth-order valence-corrected chi connectivity index (χ4v) is 3.22. The summed E-state index contributed by atoms with van der Waals surface area (Å²) in [5, 5.41) is 3.25. The van der Waals surface area contributed by atoms with Crippen molar-refractivity contribution in [3.63, 3.8) is 0 Å². The van der Waals surface area contributed by atoms with Crippen LogP contribution in [0.15, 0.2) is 34.9 Å². The quantitative estimate of drug-likeness (QED) is 0.886. The second kappa shape index (κ2) is 7.75. The van der Waals surface area contributed by atoms with Crippen LogP contribution in [0.2, 0.25) is 0 Å². The van der Waals surface area contributed by atoms with Crippen molar-refractivity contribution in [2.24, 2.45) is 5.92 Å². The Morgan fingerprint density at radius 2 is 1.96 bits per heavy atom. The molecule has 1 aromatic heterocycles. The van der Waals surface area contributed by atoms with Crippen molar-refractivity contribution in [2.45, 2.75) is 32.7 Å². The van der Waals surface area contributed by atoms with E-state index < -0.39 is 0 Å². The van der Waals surface area contributed by atoms with Gasteiger partial charge in [-0.1, -0.05) is 17.7 Å². The highest BCUT2D eigenvalue weighted by atomic mass is 16.3. The third-order valence-electron chi connectivity index (χ3n) is 4.75. The minimum absolute atomic E-state index is 0.726. The third kappa shape index (κ3) is 4.43. The highest BCUT2D eigenvalue weighted by molar-refractivity contribution is 5.53. The monoisotopic (exact) mass is 313 g/mol. The molecule has 4 heteroatoms. The maximum Gasteiger partial charge on any atom is 0.226 e. The van der Waals surface area contributed by atoms with Gasteiger partial charge in [0, 0.05) is 12.1 Å². The molecule has 2 aromatic rings. The van der Waals surface area contributed by atoms with Gasteiger partial charge >= 0.3 is 0 Å². The molecule has 0 spiro atoms. The van der Waals surface area contributed by atoms with Crippen molar-refractivity contribution in [3.8, 4) is 11.5 Å². The number of likely N-dealkylation sites (tertiary alicyclic amines) is 1. The highest BCUT2D eigenvalue weighted by Crippen LogP contribution is 2.23. The zero-order chi connectivity index (χ0) is 16.1. The molecular weight excluding hydrogens is 286 g/mol. The zero-order valence-corrected chi connectivity index (χ0v) is 14.2. The van der Waals surface area contributed by atoms with Crippen LogP contribution in [0.1, 0.15) is 30.5 Å². The Bertz CT molecular complexity index is 597. The number of benzene rings is 1. The third-order valence-corrected chi connectivity index (χ3v) is 4.75. The van der Waals surface area contributed by atoms with Gasteiger partial charge in [0.15, 0.2) is 0 Å². The number of hydrogen-bond donors (Lipinski definition) is 1. The Labute approximate surface area is 138 Å². The van der Waals surface area contributed by atoms with E-state index in [1.165, 1.54) is 37.9 Å². The van der Waals surface area contributed by atoms with Gasteiger partial charge in [-0.3, -0.25) is 4.90 Å². The fourth-order valence-electron chi connectivity index (χ4n) is 3.22. The number of nitrogens with one attached hydrogen (secondary N) is 1. The first-order valence-corrected chi connectivity index (χ1v) is 8.63. The first-order chi connectivity index (χ1) is 11.2. The minimum Gasteiger partial charge on any atom is -0.444 e. The van der Waals surface area contributed by atoms with Crippen LogP contribution in [0.3, 0.4) is 0 Å². The largest absolute Gasteiger partial charge is 0.444 e. The molecule has 2 heterocycles. The number of hydrogen-bond acceptors (Lipinski definition) is 4. The smallest absolute Gasteiger partial charge is 0.226 e. The van der Waals surface area contributed by atoms with Crippen LogP contribution >= 0.6 is 0 Å². The van der Waals surface area contributed by atoms with Gasteiger partial charge in [-0.05, 0) is 70.9 Å². The lowest BCUT2D eigenvalue weighted by Crippen LogP contribution is -2.34. The second-order valence-corrected chi connectivity index (χ2v) is 6.62. The second-order valence-electron chi connectivity index (χ2n) is 6.62. The predicted octanol–water partition coefficient (Wildman–Crippen LogP) is 3.47. The van der Waals surface area contributed by atoms with E-state index in [9.17, 15) is 0 Å². The lowest BCUT2D eigenvalue weighted by Gasteiger charge is -2.31. The normalized spacial score (nSPS) is 16.8. The fraction of sp³-hybridized carbons (Fsp3) is 0.526. The predicted molar refractivity (Wildman–Crippen MR) is 93.2 cm³/mol. The van der Waals surface area contributed by atoms with Crippen LogP contribution in [0, 0.1) is 12.8 Å². The molecule has 0 atom stereocenters. The van der Waals surface area contributed by atoms with Crippen LogP contribution in [0.5, 0.6) is 0 Å². The van der Waals surface area contributed by atoms with Crippen molar-refractivity contribution in [1.29, 1.82) is 0 Å². The van der Waals surface area contributed by atoms with Gasteiger partial charge < -0.3 is 9.73 Å². The van der Waals surface area contributed by atoms with Crippen molar-refractivity contribution >= 4 is 0 Å². The van der Waals surface area contributed by atoms with E-state index in [4.69, 9.17) is 4.42 Å². The van der Waals surface area contributed by atoms with E-state index in [1.807, 2.05) is 13.3 Å². The number of piperidine rings is 1. The molecule has 1 aliphatic rings. The summed E-state index contributed by atoms with van der Waals surface area (Å²) in [7, 11) is 2.03. The molecule has 4 nitrogen and oxygen atoms in total. The molecule has 1 aromatic carbocycles.